The fourth-order valence-electron chi connectivity index (χ4n) is 2.44. The Morgan fingerprint density at radius 3 is 2.24 bits per heavy atom. The summed E-state index contributed by atoms with van der Waals surface area (Å²) in [5.74, 6) is -4.33. The molecular weight excluding hydrogens is 332 g/mol. The number of carbonyl (C=O) groups excluding carboxylic acids is 1. The van der Waals surface area contributed by atoms with Crippen LogP contribution in [0.1, 0.15) is 36.6 Å². The number of H-pyrrole nitrogens is 1. The van der Waals surface area contributed by atoms with Crippen LogP contribution in [0.15, 0.2) is 23.0 Å². The maximum atomic E-state index is 12.0. The number of rotatable bonds is 4. The van der Waals surface area contributed by atoms with Crippen molar-refractivity contribution < 1.29 is 29.3 Å². The number of methoxy groups -OCH3 is 1. The summed E-state index contributed by atoms with van der Waals surface area (Å²) in [6.07, 6.45) is 0. The quantitative estimate of drug-likeness (QED) is 0.599. The molecule has 0 fully saturated rings. The summed E-state index contributed by atoms with van der Waals surface area (Å²) in [5.41, 5.74) is 3.44. The van der Waals surface area contributed by atoms with E-state index in [2.05, 4.69) is 4.74 Å². The van der Waals surface area contributed by atoms with Gasteiger partial charge < -0.3 is 25.7 Å². The first-order valence-corrected chi connectivity index (χ1v) is 6.90. The number of ether oxygens (including phenoxy) is 1. The van der Waals surface area contributed by atoms with Gasteiger partial charge in [-0.1, -0.05) is 12.1 Å². The number of carboxylic acid groups (broad SMARTS) is 2. The Kier molecular flexibility index (Phi) is 4.59. The van der Waals surface area contributed by atoms with Gasteiger partial charge in [0.05, 0.1) is 12.7 Å². The lowest BCUT2D eigenvalue weighted by Gasteiger charge is -2.13. The van der Waals surface area contributed by atoms with Crippen molar-refractivity contribution in [2.75, 3.05) is 12.8 Å². The molecule has 0 aliphatic rings. The van der Waals surface area contributed by atoms with E-state index < -0.39 is 40.4 Å². The van der Waals surface area contributed by atoms with Crippen LogP contribution >= 0.6 is 0 Å². The molecule has 0 amide bonds. The molecule has 1 heterocycles. The summed E-state index contributed by atoms with van der Waals surface area (Å²) in [5, 5.41) is 18.7. The number of nitrogens with one attached hydrogen (secondary N) is 1. The van der Waals surface area contributed by atoms with Crippen LogP contribution in [0.4, 0.5) is 5.82 Å². The Morgan fingerprint density at radius 2 is 1.72 bits per heavy atom. The predicted molar refractivity (Wildman–Crippen MR) is 86.9 cm³/mol. The Labute approximate surface area is 140 Å². The molecule has 0 atom stereocenters. The second-order valence-electron chi connectivity index (χ2n) is 5.12. The topological polar surface area (TPSA) is 160 Å². The highest BCUT2D eigenvalue weighted by atomic mass is 16.5. The van der Waals surface area contributed by atoms with Crippen molar-refractivity contribution in [2.45, 2.75) is 6.92 Å². The molecule has 0 saturated carbocycles. The summed E-state index contributed by atoms with van der Waals surface area (Å²) in [4.78, 5) is 48.9. The highest BCUT2D eigenvalue weighted by molar-refractivity contribution is 6.07. The number of aromatic carboxylic acids is 2. The number of nitrogens with two attached hydrogens (primary N) is 1. The fraction of sp³-hybridized carbons (Fsp3) is 0.125. The van der Waals surface area contributed by atoms with Gasteiger partial charge in [0.15, 0.2) is 0 Å². The molecule has 5 N–H and O–H groups in total. The molecule has 1 aromatic heterocycles. The lowest BCUT2D eigenvalue weighted by Crippen LogP contribution is -2.24. The minimum absolute atomic E-state index is 0.0404. The van der Waals surface area contributed by atoms with E-state index in [0.717, 1.165) is 0 Å². The molecule has 0 aliphatic carbocycles. The number of carbonyl (C=O) groups is 3. The maximum absolute atomic E-state index is 12.0. The third-order valence-corrected chi connectivity index (χ3v) is 3.60. The number of hydrogen-bond acceptors (Lipinski definition) is 6. The van der Waals surface area contributed by atoms with Gasteiger partial charge in [0.25, 0.3) is 5.56 Å². The van der Waals surface area contributed by atoms with Gasteiger partial charge in [-0.15, -0.1) is 0 Å². The van der Waals surface area contributed by atoms with Crippen molar-refractivity contribution in [1.82, 2.24) is 4.98 Å². The van der Waals surface area contributed by atoms with E-state index in [1.807, 2.05) is 4.98 Å². The number of nitrogen functional groups attached to an aromatic ring is 1. The second kappa shape index (κ2) is 6.48. The Morgan fingerprint density at radius 1 is 1.12 bits per heavy atom. The number of aryl methyl sites for hydroxylation is 1. The van der Waals surface area contributed by atoms with Gasteiger partial charge in [-0.3, -0.25) is 4.79 Å². The SMILES string of the molecule is COC(=O)c1cc(-c2c(C(=O)O)c(N)[nH]c(=O)c2C(=O)O)ccc1C. The van der Waals surface area contributed by atoms with Crippen LogP contribution in [-0.4, -0.2) is 40.2 Å². The molecule has 130 valence electrons. The zero-order chi connectivity index (χ0) is 18.9. The number of hydrogen-bond donors (Lipinski definition) is 4. The van der Waals surface area contributed by atoms with Crippen molar-refractivity contribution in [1.29, 1.82) is 0 Å². The van der Waals surface area contributed by atoms with Gasteiger partial charge >= 0.3 is 17.9 Å². The third kappa shape index (κ3) is 3.07. The first-order valence-electron chi connectivity index (χ1n) is 6.90. The van der Waals surface area contributed by atoms with E-state index in [1.54, 1.807) is 6.92 Å². The summed E-state index contributed by atoms with van der Waals surface area (Å²) >= 11 is 0. The highest BCUT2D eigenvalue weighted by Crippen LogP contribution is 2.30. The van der Waals surface area contributed by atoms with E-state index in [1.165, 1.54) is 25.3 Å². The minimum Gasteiger partial charge on any atom is -0.478 e. The minimum atomic E-state index is -1.63. The molecule has 0 aliphatic heterocycles. The Bertz CT molecular complexity index is 960. The molecule has 9 heteroatoms. The normalized spacial score (nSPS) is 10.3. The number of benzene rings is 1. The van der Waals surface area contributed by atoms with E-state index in [0.29, 0.717) is 5.56 Å². The molecule has 9 nitrogen and oxygen atoms in total. The molecule has 0 radical (unpaired) electrons. The van der Waals surface area contributed by atoms with Crippen molar-refractivity contribution in [3.8, 4) is 11.1 Å². The van der Waals surface area contributed by atoms with Crippen molar-refractivity contribution >= 4 is 23.7 Å². The van der Waals surface area contributed by atoms with Crippen LogP contribution in [0.5, 0.6) is 0 Å². The number of anilines is 1. The largest absolute Gasteiger partial charge is 0.478 e. The van der Waals surface area contributed by atoms with Crippen molar-refractivity contribution in [3.63, 3.8) is 0 Å². The first kappa shape index (κ1) is 17.7. The van der Waals surface area contributed by atoms with E-state index in [9.17, 15) is 29.4 Å². The standard InChI is InChI=1S/C16H14N2O7/c1-6-3-4-7(5-8(6)16(24)25-2)9-10(14(20)21)12(17)18-13(19)11(9)15(22)23/h3-5H,1-2H3,(H,20,21)(H,22,23)(H3,17,18,19). The molecule has 0 bridgehead atoms. The lowest BCUT2D eigenvalue weighted by molar-refractivity contribution is 0.0598. The zero-order valence-corrected chi connectivity index (χ0v) is 13.2. The number of esters is 1. The lowest BCUT2D eigenvalue weighted by atomic mass is 9.93. The Hall–Kier alpha value is -3.62. The van der Waals surface area contributed by atoms with Gasteiger partial charge in [-0.25, -0.2) is 14.4 Å². The van der Waals surface area contributed by atoms with Gasteiger partial charge in [0, 0.05) is 5.56 Å². The van der Waals surface area contributed by atoms with Gasteiger partial charge in [0.2, 0.25) is 0 Å². The molecular formula is C16H14N2O7. The fourth-order valence-corrected chi connectivity index (χ4v) is 2.44. The molecule has 2 rings (SSSR count). The van der Waals surface area contributed by atoms with Gasteiger partial charge in [-0.2, -0.15) is 0 Å². The summed E-state index contributed by atoms with van der Waals surface area (Å²) in [7, 11) is 1.17. The zero-order valence-electron chi connectivity index (χ0n) is 13.2. The van der Waals surface area contributed by atoms with E-state index in [-0.39, 0.29) is 16.7 Å². The molecule has 0 spiro atoms. The number of carboxylic acids is 2. The monoisotopic (exact) mass is 346 g/mol. The van der Waals surface area contributed by atoms with E-state index >= 15 is 0 Å². The van der Waals surface area contributed by atoms with E-state index in [4.69, 9.17) is 5.73 Å². The number of aromatic nitrogens is 1. The summed E-state index contributed by atoms with van der Waals surface area (Å²) < 4.78 is 4.65. The van der Waals surface area contributed by atoms with Gasteiger partial charge in [-0.05, 0) is 24.1 Å². The van der Waals surface area contributed by atoms with Crippen LogP contribution in [0.25, 0.3) is 11.1 Å². The second-order valence-corrected chi connectivity index (χ2v) is 5.12. The number of pyridine rings is 1. The summed E-state index contributed by atoms with van der Waals surface area (Å²) in [6, 6.07) is 4.14. The number of aromatic amines is 1. The van der Waals surface area contributed by atoms with Crippen LogP contribution in [0, 0.1) is 6.92 Å². The average Bonchev–Trinajstić information content (AvgIpc) is 2.52. The summed E-state index contributed by atoms with van der Waals surface area (Å²) in [6.45, 7) is 1.62. The first-order chi connectivity index (χ1) is 11.7. The molecule has 0 unspecified atom stereocenters. The van der Waals surface area contributed by atoms with Crippen LogP contribution in [0.2, 0.25) is 0 Å². The maximum Gasteiger partial charge on any atom is 0.342 e. The van der Waals surface area contributed by atoms with Crippen molar-refractivity contribution in [2.24, 2.45) is 0 Å². The van der Waals surface area contributed by atoms with Crippen LogP contribution in [-0.2, 0) is 4.74 Å². The highest BCUT2D eigenvalue weighted by Gasteiger charge is 2.27. The Balaban J connectivity index is 2.96. The smallest absolute Gasteiger partial charge is 0.342 e. The predicted octanol–water partition coefficient (Wildman–Crippen LogP) is 1.12. The molecule has 1 aromatic carbocycles. The third-order valence-electron chi connectivity index (χ3n) is 3.60. The average molecular weight is 346 g/mol. The van der Waals surface area contributed by atoms with Crippen molar-refractivity contribution in [3.05, 3.63) is 50.8 Å². The van der Waals surface area contributed by atoms with Crippen LogP contribution < -0.4 is 11.3 Å². The molecule has 2 aromatic rings. The van der Waals surface area contributed by atoms with Gasteiger partial charge in [0.1, 0.15) is 16.9 Å². The van der Waals surface area contributed by atoms with Crippen LogP contribution in [0.3, 0.4) is 0 Å². The molecule has 0 saturated heterocycles. The molecule has 25 heavy (non-hydrogen) atoms.